The normalized spacial score (nSPS) is 12.6. The van der Waals surface area contributed by atoms with E-state index in [1.807, 2.05) is 32.0 Å². The highest BCUT2D eigenvalue weighted by molar-refractivity contribution is 7.94. The number of hydrogen-bond donors (Lipinski definition) is 0. The van der Waals surface area contributed by atoms with Crippen LogP contribution in [0.5, 0.6) is 0 Å². The molecule has 0 saturated carbocycles. The van der Waals surface area contributed by atoms with Crippen molar-refractivity contribution in [1.29, 1.82) is 0 Å². The molecule has 0 fully saturated rings. The molecule has 0 atom stereocenters. The molecule has 1 rings (SSSR count). The van der Waals surface area contributed by atoms with E-state index in [0.717, 1.165) is 17.4 Å². The Balaban J connectivity index is 2.83. The maximum atomic E-state index is 11.8. The number of hydrogen-bond acceptors (Lipinski definition) is 4. The van der Waals surface area contributed by atoms with Gasteiger partial charge in [-0.05, 0) is 19.4 Å². The van der Waals surface area contributed by atoms with Gasteiger partial charge >= 0.3 is 0 Å². The first-order valence-corrected chi connectivity index (χ1v) is 9.41. The smallest absolute Gasteiger partial charge is 0.155 e. The second-order valence-electron chi connectivity index (χ2n) is 4.72. The van der Waals surface area contributed by atoms with Gasteiger partial charge in [-0.25, -0.2) is 16.8 Å². The Morgan fingerprint density at radius 2 is 1.39 bits per heavy atom. The van der Waals surface area contributed by atoms with E-state index in [1.165, 1.54) is 0 Å². The van der Waals surface area contributed by atoms with E-state index in [2.05, 4.69) is 0 Å². The van der Waals surface area contributed by atoms with Crippen molar-refractivity contribution in [2.24, 2.45) is 0 Å². The van der Waals surface area contributed by atoms with E-state index >= 15 is 0 Å². The van der Waals surface area contributed by atoms with Crippen LogP contribution in [0.15, 0.2) is 18.2 Å². The topological polar surface area (TPSA) is 68.3 Å². The minimum Gasteiger partial charge on any atom is -0.229 e. The summed E-state index contributed by atoms with van der Waals surface area (Å²) in [4.78, 5) is 0. The highest BCUT2D eigenvalue weighted by Gasteiger charge is 2.15. The third kappa shape index (κ3) is 5.64. The van der Waals surface area contributed by atoms with Crippen LogP contribution in [0.4, 0.5) is 0 Å². The van der Waals surface area contributed by atoms with Crippen LogP contribution in [0.25, 0.3) is 0 Å². The molecule has 18 heavy (non-hydrogen) atoms. The van der Waals surface area contributed by atoms with Gasteiger partial charge in [0.2, 0.25) is 0 Å². The summed E-state index contributed by atoms with van der Waals surface area (Å²) in [7, 11) is -6.63. The molecule has 6 heteroatoms. The second-order valence-corrected chi connectivity index (χ2v) is 9.16. The van der Waals surface area contributed by atoms with Crippen LogP contribution >= 0.6 is 0 Å². The van der Waals surface area contributed by atoms with E-state index in [-0.39, 0.29) is 17.3 Å². The van der Waals surface area contributed by atoms with Gasteiger partial charge in [0, 0.05) is 6.26 Å². The van der Waals surface area contributed by atoms with E-state index < -0.39 is 19.7 Å². The fourth-order valence-electron chi connectivity index (χ4n) is 1.76. The molecule has 0 bridgehead atoms. The molecule has 0 amide bonds. The standard InChI is InChI=1S/C12H18O4S2/c1-10-6-11(2)8-12(7-10)9-18(15,16)5-4-17(3,13)14/h6-8H,4-5,9H2,1-3H3. The minimum absolute atomic E-state index is 0.106. The third-order valence-corrected chi connectivity index (χ3v) is 5.24. The molecule has 0 radical (unpaired) electrons. The van der Waals surface area contributed by atoms with Crippen LogP contribution in [-0.4, -0.2) is 34.6 Å². The Kier molecular flexibility index (Phi) is 4.55. The van der Waals surface area contributed by atoms with Crippen molar-refractivity contribution in [3.05, 3.63) is 34.9 Å². The van der Waals surface area contributed by atoms with Crippen molar-refractivity contribution >= 4 is 19.7 Å². The SMILES string of the molecule is Cc1cc(C)cc(CS(=O)(=O)CCS(C)(=O)=O)c1. The van der Waals surface area contributed by atoms with E-state index in [1.54, 1.807) is 0 Å². The summed E-state index contributed by atoms with van der Waals surface area (Å²) in [5.41, 5.74) is 2.72. The summed E-state index contributed by atoms with van der Waals surface area (Å²) >= 11 is 0. The average molecular weight is 290 g/mol. The molecule has 0 heterocycles. The molecule has 0 unspecified atom stereocenters. The van der Waals surface area contributed by atoms with Crippen molar-refractivity contribution in [2.75, 3.05) is 17.8 Å². The Hall–Kier alpha value is -0.880. The highest BCUT2D eigenvalue weighted by atomic mass is 32.2. The lowest BCUT2D eigenvalue weighted by molar-refractivity contribution is 0.589. The van der Waals surface area contributed by atoms with Crippen molar-refractivity contribution in [2.45, 2.75) is 19.6 Å². The lowest BCUT2D eigenvalue weighted by Gasteiger charge is -2.06. The average Bonchev–Trinajstić information content (AvgIpc) is 2.11. The van der Waals surface area contributed by atoms with Crippen LogP contribution in [0.3, 0.4) is 0 Å². The largest absolute Gasteiger partial charge is 0.229 e. The zero-order chi connectivity index (χ0) is 14.0. The van der Waals surface area contributed by atoms with Crippen LogP contribution < -0.4 is 0 Å². The lowest BCUT2D eigenvalue weighted by Crippen LogP contribution is -2.17. The van der Waals surface area contributed by atoms with Gasteiger partial charge in [0.05, 0.1) is 17.3 Å². The number of benzene rings is 1. The zero-order valence-electron chi connectivity index (χ0n) is 10.8. The van der Waals surface area contributed by atoms with Gasteiger partial charge in [0.15, 0.2) is 9.84 Å². The van der Waals surface area contributed by atoms with Crippen molar-refractivity contribution < 1.29 is 16.8 Å². The molecule has 0 N–H and O–H groups in total. The fourth-order valence-corrected chi connectivity index (χ4v) is 4.80. The van der Waals surface area contributed by atoms with E-state index in [0.29, 0.717) is 5.56 Å². The van der Waals surface area contributed by atoms with Crippen LogP contribution in [-0.2, 0) is 25.4 Å². The first-order valence-electron chi connectivity index (χ1n) is 5.53. The first kappa shape index (κ1) is 15.2. The fraction of sp³-hybridized carbons (Fsp3) is 0.500. The van der Waals surface area contributed by atoms with Gasteiger partial charge in [-0.15, -0.1) is 0 Å². The predicted octanol–water partition coefficient (Wildman–Crippen LogP) is 1.26. The summed E-state index contributed by atoms with van der Waals surface area (Å²) < 4.78 is 45.6. The maximum absolute atomic E-state index is 11.8. The van der Waals surface area contributed by atoms with Gasteiger partial charge in [-0.1, -0.05) is 29.3 Å². The molecule has 0 aliphatic heterocycles. The highest BCUT2D eigenvalue weighted by Crippen LogP contribution is 2.12. The summed E-state index contributed by atoms with van der Waals surface area (Å²) in [6, 6.07) is 5.59. The molecular weight excluding hydrogens is 272 g/mol. The maximum Gasteiger partial charge on any atom is 0.155 e. The monoisotopic (exact) mass is 290 g/mol. The number of sulfone groups is 2. The summed E-state index contributed by atoms with van der Waals surface area (Å²) in [5.74, 6) is -0.746. The Morgan fingerprint density at radius 1 is 0.889 bits per heavy atom. The molecule has 0 spiro atoms. The van der Waals surface area contributed by atoms with Crippen LogP contribution in [0, 0.1) is 13.8 Å². The minimum atomic E-state index is -3.38. The molecule has 4 nitrogen and oxygen atoms in total. The number of rotatable bonds is 5. The summed E-state index contributed by atoms with van der Waals surface area (Å²) in [5, 5.41) is 0. The first-order chi connectivity index (χ1) is 8.07. The second kappa shape index (κ2) is 5.40. The predicted molar refractivity (Wildman–Crippen MR) is 73.1 cm³/mol. The summed E-state index contributed by atoms with van der Waals surface area (Å²) in [6.07, 6.45) is 1.04. The molecule has 0 saturated heterocycles. The Morgan fingerprint density at radius 3 is 1.83 bits per heavy atom. The molecule has 0 aromatic heterocycles. The quantitative estimate of drug-likeness (QED) is 0.819. The van der Waals surface area contributed by atoms with Gasteiger partial charge < -0.3 is 0 Å². The molecule has 0 aliphatic carbocycles. The zero-order valence-corrected chi connectivity index (χ0v) is 12.4. The van der Waals surface area contributed by atoms with Gasteiger partial charge in [0.1, 0.15) is 9.84 Å². The summed E-state index contributed by atoms with van der Waals surface area (Å²) in [6.45, 7) is 3.80. The van der Waals surface area contributed by atoms with E-state index in [4.69, 9.17) is 0 Å². The lowest BCUT2D eigenvalue weighted by atomic mass is 10.1. The Labute approximate surface area is 109 Å². The van der Waals surface area contributed by atoms with Gasteiger partial charge in [-0.2, -0.15) is 0 Å². The molecule has 1 aromatic carbocycles. The molecular formula is C12H18O4S2. The molecule has 1 aromatic rings. The Bertz CT molecular complexity index is 608. The molecule has 102 valence electrons. The van der Waals surface area contributed by atoms with Crippen molar-refractivity contribution in [1.82, 2.24) is 0 Å². The van der Waals surface area contributed by atoms with E-state index in [9.17, 15) is 16.8 Å². The van der Waals surface area contributed by atoms with Gasteiger partial charge in [-0.3, -0.25) is 0 Å². The third-order valence-electron chi connectivity index (χ3n) is 2.43. The number of aryl methyl sites for hydroxylation is 2. The molecule has 0 aliphatic rings. The van der Waals surface area contributed by atoms with Crippen molar-refractivity contribution in [3.8, 4) is 0 Å². The van der Waals surface area contributed by atoms with Crippen LogP contribution in [0.2, 0.25) is 0 Å². The van der Waals surface area contributed by atoms with Gasteiger partial charge in [0.25, 0.3) is 0 Å². The van der Waals surface area contributed by atoms with Crippen LogP contribution in [0.1, 0.15) is 16.7 Å². The van der Waals surface area contributed by atoms with Crippen molar-refractivity contribution in [3.63, 3.8) is 0 Å².